The Morgan fingerprint density at radius 3 is 2.68 bits per heavy atom. The molecule has 1 N–H and O–H groups in total. The van der Waals surface area contributed by atoms with E-state index in [0.29, 0.717) is 19.8 Å². The Morgan fingerprint density at radius 1 is 1.26 bits per heavy atom. The van der Waals surface area contributed by atoms with Crippen molar-refractivity contribution in [2.24, 2.45) is 0 Å². The van der Waals surface area contributed by atoms with Crippen LogP contribution in [0, 0.1) is 0 Å². The lowest BCUT2D eigenvalue weighted by Crippen LogP contribution is -2.19. The molecule has 1 atom stereocenters. The number of benzene rings is 1. The van der Waals surface area contributed by atoms with E-state index in [-0.39, 0.29) is 6.04 Å². The summed E-state index contributed by atoms with van der Waals surface area (Å²) in [5.41, 5.74) is 1.10. The molecule has 1 aromatic carbocycles. The van der Waals surface area contributed by atoms with Crippen LogP contribution in [0.5, 0.6) is 5.75 Å². The summed E-state index contributed by atoms with van der Waals surface area (Å²) in [4.78, 5) is 0. The Labute approximate surface area is 121 Å². The number of hydrogen-bond acceptors (Lipinski definition) is 3. The van der Waals surface area contributed by atoms with Crippen LogP contribution in [-0.2, 0) is 4.74 Å². The van der Waals surface area contributed by atoms with Crippen LogP contribution in [-0.4, -0.2) is 26.4 Å². The molecule has 0 aliphatic carbocycles. The van der Waals surface area contributed by atoms with E-state index in [4.69, 9.17) is 21.1 Å². The lowest BCUT2D eigenvalue weighted by molar-refractivity contribution is 0.110. The van der Waals surface area contributed by atoms with E-state index in [9.17, 15) is 0 Å². The molecule has 1 unspecified atom stereocenters. The summed E-state index contributed by atoms with van der Waals surface area (Å²) in [6.07, 6.45) is 1.11. The van der Waals surface area contributed by atoms with Gasteiger partial charge < -0.3 is 14.8 Å². The minimum atomic E-state index is 0.255. The van der Waals surface area contributed by atoms with Crippen LogP contribution in [0.2, 0.25) is 5.02 Å². The topological polar surface area (TPSA) is 30.5 Å². The van der Waals surface area contributed by atoms with Crippen molar-refractivity contribution in [3.8, 4) is 5.75 Å². The van der Waals surface area contributed by atoms with Crippen molar-refractivity contribution in [3.05, 3.63) is 28.8 Å². The first kappa shape index (κ1) is 16.3. The predicted octanol–water partition coefficient (Wildman–Crippen LogP) is 3.82. The van der Waals surface area contributed by atoms with Gasteiger partial charge in [0, 0.05) is 17.7 Å². The molecule has 3 nitrogen and oxygen atoms in total. The molecule has 1 rings (SSSR count). The minimum absolute atomic E-state index is 0.255. The van der Waals surface area contributed by atoms with Crippen LogP contribution in [0.15, 0.2) is 18.2 Å². The molecule has 0 bridgehead atoms. The number of nitrogens with one attached hydrogen (secondary N) is 1. The second kappa shape index (κ2) is 9.18. The molecule has 0 radical (unpaired) electrons. The average Bonchev–Trinajstić information content (AvgIpc) is 2.41. The fourth-order valence-electron chi connectivity index (χ4n) is 1.78. The van der Waals surface area contributed by atoms with Gasteiger partial charge in [-0.3, -0.25) is 0 Å². The van der Waals surface area contributed by atoms with Gasteiger partial charge in [0.2, 0.25) is 0 Å². The third-order valence-electron chi connectivity index (χ3n) is 2.84. The van der Waals surface area contributed by atoms with Gasteiger partial charge in [-0.25, -0.2) is 0 Å². The van der Waals surface area contributed by atoms with Crippen molar-refractivity contribution < 1.29 is 9.47 Å². The highest BCUT2D eigenvalue weighted by Crippen LogP contribution is 2.27. The minimum Gasteiger partial charge on any atom is -0.491 e. The van der Waals surface area contributed by atoms with E-state index in [2.05, 4.69) is 19.2 Å². The fraction of sp³-hybridized carbons (Fsp3) is 0.600. The summed E-state index contributed by atoms with van der Waals surface area (Å²) in [6.45, 7) is 9.09. The van der Waals surface area contributed by atoms with Gasteiger partial charge in [0.15, 0.2) is 0 Å². The van der Waals surface area contributed by atoms with Gasteiger partial charge in [0.25, 0.3) is 0 Å². The molecule has 19 heavy (non-hydrogen) atoms. The molecule has 1 aromatic rings. The van der Waals surface area contributed by atoms with Crippen molar-refractivity contribution in [2.75, 3.05) is 26.4 Å². The first-order chi connectivity index (χ1) is 9.19. The molecular formula is C15H24ClNO2. The zero-order valence-corrected chi connectivity index (χ0v) is 12.8. The number of hydrogen-bond donors (Lipinski definition) is 1. The number of halogens is 1. The molecule has 0 aliphatic heterocycles. The van der Waals surface area contributed by atoms with E-state index in [1.54, 1.807) is 0 Å². The van der Waals surface area contributed by atoms with Crippen molar-refractivity contribution in [1.29, 1.82) is 0 Å². The van der Waals surface area contributed by atoms with Crippen LogP contribution in [0.4, 0.5) is 0 Å². The Bertz CT molecular complexity index is 371. The van der Waals surface area contributed by atoms with E-state index in [1.165, 1.54) is 0 Å². The van der Waals surface area contributed by atoms with E-state index in [1.807, 2.05) is 25.1 Å². The van der Waals surface area contributed by atoms with Crippen LogP contribution in [0.1, 0.15) is 38.8 Å². The smallest absolute Gasteiger partial charge is 0.120 e. The highest BCUT2D eigenvalue weighted by Gasteiger charge is 2.09. The van der Waals surface area contributed by atoms with Crippen LogP contribution < -0.4 is 10.1 Å². The maximum Gasteiger partial charge on any atom is 0.120 e. The fourth-order valence-corrected chi connectivity index (χ4v) is 2.12. The molecule has 0 amide bonds. The van der Waals surface area contributed by atoms with Gasteiger partial charge in [-0.15, -0.1) is 0 Å². The van der Waals surface area contributed by atoms with Gasteiger partial charge in [-0.05, 0) is 44.5 Å². The Hall–Kier alpha value is -0.770. The zero-order chi connectivity index (χ0) is 14.1. The first-order valence-corrected chi connectivity index (χ1v) is 7.30. The largest absolute Gasteiger partial charge is 0.491 e. The summed E-state index contributed by atoms with van der Waals surface area (Å²) in [7, 11) is 0. The number of ether oxygens (including phenoxy) is 2. The Balaban J connectivity index is 2.53. The summed E-state index contributed by atoms with van der Waals surface area (Å²) >= 11 is 6.29. The normalized spacial score (nSPS) is 12.4. The quantitative estimate of drug-likeness (QED) is 0.700. The third kappa shape index (κ3) is 5.81. The SMILES string of the molecule is CCCNC(C)c1ccc(OCCOCC)cc1Cl. The van der Waals surface area contributed by atoms with Gasteiger partial charge in [0.1, 0.15) is 12.4 Å². The summed E-state index contributed by atoms with van der Waals surface area (Å²) < 4.78 is 10.8. The maximum absolute atomic E-state index is 6.29. The van der Waals surface area contributed by atoms with Crippen molar-refractivity contribution in [1.82, 2.24) is 5.32 Å². The molecule has 4 heteroatoms. The third-order valence-corrected chi connectivity index (χ3v) is 3.17. The van der Waals surface area contributed by atoms with E-state index < -0.39 is 0 Å². The molecule has 0 aromatic heterocycles. The second-order valence-corrected chi connectivity index (χ2v) is 4.81. The molecule has 0 saturated carbocycles. The summed E-state index contributed by atoms with van der Waals surface area (Å²) in [6, 6.07) is 6.10. The van der Waals surface area contributed by atoms with Gasteiger partial charge >= 0.3 is 0 Å². The van der Waals surface area contributed by atoms with Gasteiger partial charge in [-0.1, -0.05) is 24.6 Å². The van der Waals surface area contributed by atoms with Gasteiger partial charge in [0.05, 0.1) is 6.61 Å². The lowest BCUT2D eigenvalue weighted by Gasteiger charge is -2.16. The van der Waals surface area contributed by atoms with Crippen molar-refractivity contribution >= 4 is 11.6 Å². The summed E-state index contributed by atoms with van der Waals surface area (Å²) in [5, 5.41) is 4.16. The van der Waals surface area contributed by atoms with Crippen LogP contribution in [0.3, 0.4) is 0 Å². The lowest BCUT2D eigenvalue weighted by atomic mass is 10.1. The van der Waals surface area contributed by atoms with Crippen molar-refractivity contribution in [3.63, 3.8) is 0 Å². The highest BCUT2D eigenvalue weighted by atomic mass is 35.5. The molecular weight excluding hydrogens is 262 g/mol. The molecule has 0 fully saturated rings. The van der Waals surface area contributed by atoms with Crippen LogP contribution in [0.25, 0.3) is 0 Å². The second-order valence-electron chi connectivity index (χ2n) is 4.40. The Morgan fingerprint density at radius 2 is 2.05 bits per heavy atom. The molecule has 0 saturated heterocycles. The van der Waals surface area contributed by atoms with Gasteiger partial charge in [-0.2, -0.15) is 0 Å². The standard InChI is InChI=1S/C15H24ClNO2/c1-4-8-17-12(3)14-7-6-13(11-15(14)16)19-10-9-18-5-2/h6-7,11-12,17H,4-5,8-10H2,1-3H3. The van der Waals surface area contributed by atoms with E-state index >= 15 is 0 Å². The molecule has 0 aliphatic rings. The molecule has 0 heterocycles. The average molecular weight is 286 g/mol. The summed E-state index contributed by atoms with van der Waals surface area (Å²) in [5.74, 6) is 0.788. The van der Waals surface area contributed by atoms with E-state index in [0.717, 1.165) is 29.3 Å². The predicted molar refractivity (Wildman–Crippen MR) is 80.1 cm³/mol. The monoisotopic (exact) mass is 285 g/mol. The highest BCUT2D eigenvalue weighted by molar-refractivity contribution is 6.31. The molecule has 0 spiro atoms. The molecule has 108 valence electrons. The zero-order valence-electron chi connectivity index (χ0n) is 12.0. The van der Waals surface area contributed by atoms with Crippen molar-refractivity contribution in [2.45, 2.75) is 33.2 Å². The van der Waals surface area contributed by atoms with Crippen LogP contribution >= 0.6 is 11.6 Å². The Kier molecular flexibility index (Phi) is 7.87. The first-order valence-electron chi connectivity index (χ1n) is 6.92. The number of rotatable bonds is 9. The maximum atomic E-state index is 6.29.